The molecule has 0 saturated heterocycles. The van der Waals surface area contributed by atoms with Crippen LogP contribution in [0, 0.1) is 6.92 Å². The van der Waals surface area contributed by atoms with Crippen LogP contribution in [0.25, 0.3) is 0 Å². The minimum Gasteiger partial charge on any atom is -0.278 e. The number of sulfonamides is 1. The van der Waals surface area contributed by atoms with Gasteiger partial charge in [-0.2, -0.15) is 13.5 Å². The van der Waals surface area contributed by atoms with Crippen LogP contribution in [0.15, 0.2) is 33.9 Å². The molecule has 0 fully saturated rings. The SMILES string of the molecule is Cc1ccc(NS(=O)(=O)c2c(Cl)cnn2C)cc1Br. The molecule has 5 nitrogen and oxygen atoms in total. The molecule has 1 aromatic carbocycles. The van der Waals surface area contributed by atoms with E-state index in [-0.39, 0.29) is 10.0 Å². The topological polar surface area (TPSA) is 64.0 Å². The first-order chi connectivity index (χ1) is 8.81. The third kappa shape index (κ3) is 2.93. The van der Waals surface area contributed by atoms with Crippen molar-refractivity contribution in [2.24, 2.45) is 7.05 Å². The van der Waals surface area contributed by atoms with Crippen LogP contribution in [0.3, 0.4) is 0 Å². The van der Waals surface area contributed by atoms with E-state index in [4.69, 9.17) is 11.6 Å². The molecule has 0 saturated carbocycles. The molecule has 0 radical (unpaired) electrons. The first-order valence-corrected chi connectivity index (χ1v) is 7.93. The molecule has 0 amide bonds. The molecule has 2 aromatic rings. The lowest BCUT2D eigenvalue weighted by Gasteiger charge is -2.09. The molecule has 0 aliphatic rings. The number of hydrogen-bond acceptors (Lipinski definition) is 3. The van der Waals surface area contributed by atoms with Crippen LogP contribution in [0.2, 0.25) is 5.02 Å². The van der Waals surface area contributed by atoms with Crippen molar-refractivity contribution in [1.29, 1.82) is 0 Å². The highest BCUT2D eigenvalue weighted by atomic mass is 79.9. The average molecular weight is 365 g/mol. The maximum absolute atomic E-state index is 12.2. The number of benzene rings is 1. The van der Waals surface area contributed by atoms with Gasteiger partial charge in [-0.05, 0) is 24.6 Å². The molecule has 1 heterocycles. The highest BCUT2D eigenvalue weighted by Crippen LogP contribution is 2.25. The lowest BCUT2D eigenvalue weighted by Crippen LogP contribution is -2.17. The highest BCUT2D eigenvalue weighted by molar-refractivity contribution is 9.10. The average Bonchev–Trinajstić information content (AvgIpc) is 2.64. The summed E-state index contributed by atoms with van der Waals surface area (Å²) < 4.78 is 29.0. The molecule has 0 unspecified atom stereocenters. The summed E-state index contributed by atoms with van der Waals surface area (Å²) in [5.74, 6) is 0. The molecule has 19 heavy (non-hydrogen) atoms. The first-order valence-electron chi connectivity index (χ1n) is 5.28. The Kier molecular flexibility index (Phi) is 3.89. The Morgan fingerprint density at radius 1 is 1.42 bits per heavy atom. The van der Waals surface area contributed by atoms with E-state index in [0.717, 1.165) is 10.0 Å². The Morgan fingerprint density at radius 3 is 2.63 bits per heavy atom. The molecule has 0 atom stereocenters. The number of aryl methyl sites for hydroxylation is 2. The van der Waals surface area contributed by atoms with Crippen molar-refractivity contribution in [3.63, 3.8) is 0 Å². The van der Waals surface area contributed by atoms with Crippen LogP contribution in [0.5, 0.6) is 0 Å². The smallest absolute Gasteiger partial charge is 0.278 e. The van der Waals surface area contributed by atoms with Gasteiger partial charge in [-0.15, -0.1) is 0 Å². The second-order valence-electron chi connectivity index (χ2n) is 3.99. The fraction of sp³-hybridized carbons (Fsp3) is 0.182. The molecule has 1 aromatic heterocycles. The van der Waals surface area contributed by atoms with Gasteiger partial charge in [0.15, 0.2) is 5.03 Å². The van der Waals surface area contributed by atoms with Gasteiger partial charge in [0.05, 0.1) is 16.9 Å². The molecule has 0 aliphatic carbocycles. The molecule has 0 bridgehead atoms. The van der Waals surface area contributed by atoms with Crippen molar-refractivity contribution in [3.05, 3.63) is 39.5 Å². The van der Waals surface area contributed by atoms with E-state index in [2.05, 4.69) is 25.8 Å². The highest BCUT2D eigenvalue weighted by Gasteiger charge is 2.22. The second-order valence-corrected chi connectivity index (χ2v) is 6.85. The lowest BCUT2D eigenvalue weighted by molar-refractivity contribution is 0.582. The van der Waals surface area contributed by atoms with E-state index >= 15 is 0 Å². The van der Waals surface area contributed by atoms with E-state index in [9.17, 15) is 8.42 Å². The summed E-state index contributed by atoms with van der Waals surface area (Å²) >= 11 is 9.19. The molecule has 102 valence electrons. The van der Waals surface area contributed by atoms with Gasteiger partial charge in [0, 0.05) is 11.5 Å². The normalized spacial score (nSPS) is 11.6. The third-order valence-electron chi connectivity index (χ3n) is 2.52. The molecular formula is C11H11BrClN3O2S. The van der Waals surface area contributed by atoms with E-state index in [1.807, 2.05) is 13.0 Å². The summed E-state index contributed by atoms with van der Waals surface area (Å²) in [6.45, 7) is 1.92. The van der Waals surface area contributed by atoms with Crippen molar-refractivity contribution in [3.8, 4) is 0 Å². The zero-order chi connectivity index (χ0) is 14.2. The Balaban J connectivity index is 2.39. The number of rotatable bonds is 3. The number of hydrogen-bond donors (Lipinski definition) is 1. The van der Waals surface area contributed by atoms with Gasteiger partial charge < -0.3 is 0 Å². The quantitative estimate of drug-likeness (QED) is 0.910. The van der Waals surface area contributed by atoms with Crippen LogP contribution in [-0.4, -0.2) is 18.2 Å². The lowest BCUT2D eigenvalue weighted by atomic mass is 10.2. The van der Waals surface area contributed by atoms with E-state index in [1.165, 1.54) is 17.9 Å². The van der Waals surface area contributed by atoms with Crippen LogP contribution in [0.1, 0.15) is 5.56 Å². The first kappa shape index (κ1) is 14.4. The second kappa shape index (κ2) is 5.15. The Bertz CT molecular complexity index is 708. The summed E-state index contributed by atoms with van der Waals surface area (Å²) in [6.07, 6.45) is 1.29. The predicted molar refractivity (Wildman–Crippen MR) is 77.9 cm³/mol. The maximum atomic E-state index is 12.2. The van der Waals surface area contributed by atoms with Crippen molar-refractivity contribution in [2.45, 2.75) is 11.9 Å². The fourth-order valence-electron chi connectivity index (χ4n) is 1.56. The van der Waals surface area contributed by atoms with Crippen LogP contribution in [-0.2, 0) is 17.1 Å². The van der Waals surface area contributed by atoms with Crippen LogP contribution in [0.4, 0.5) is 5.69 Å². The Labute approximate surface area is 124 Å². The van der Waals surface area contributed by atoms with Crippen molar-refractivity contribution < 1.29 is 8.42 Å². The minimum absolute atomic E-state index is 0.0640. The molecule has 0 aliphatic heterocycles. The third-order valence-corrected chi connectivity index (χ3v) is 5.26. The zero-order valence-electron chi connectivity index (χ0n) is 10.2. The zero-order valence-corrected chi connectivity index (χ0v) is 13.3. The van der Waals surface area contributed by atoms with E-state index in [0.29, 0.717) is 5.69 Å². The maximum Gasteiger partial charge on any atom is 0.280 e. The fourth-order valence-corrected chi connectivity index (χ4v) is 3.65. The Morgan fingerprint density at radius 2 is 2.11 bits per heavy atom. The molecule has 2 rings (SSSR count). The summed E-state index contributed by atoms with van der Waals surface area (Å²) in [6, 6.07) is 5.19. The largest absolute Gasteiger partial charge is 0.280 e. The van der Waals surface area contributed by atoms with Gasteiger partial charge >= 0.3 is 0 Å². The molecule has 8 heteroatoms. The minimum atomic E-state index is -3.76. The summed E-state index contributed by atoms with van der Waals surface area (Å²) in [5, 5.41) is 3.83. The van der Waals surface area contributed by atoms with Gasteiger partial charge in [0.25, 0.3) is 10.0 Å². The van der Waals surface area contributed by atoms with Gasteiger partial charge in [-0.25, -0.2) is 0 Å². The van der Waals surface area contributed by atoms with Crippen LogP contribution >= 0.6 is 27.5 Å². The number of aromatic nitrogens is 2. The number of anilines is 1. The van der Waals surface area contributed by atoms with E-state index in [1.54, 1.807) is 12.1 Å². The monoisotopic (exact) mass is 363 g/mol. The van der Waals surface area contributed by atoms with Gasteiger partial charge in [-0.1, -0.05) is 33.6 Å². The van der Waals surface area contributed by atoms with Crippen molar-refractivity contribution in [2.75, 3.05) is 4.72 Å². The summed E-state index contributed by atoms with van der Waals surface area (Å²) in [5.41, 5.74) is 1.47. The van der Waals surface area contributed by atoms with Crippen LogP contribution < -0.4 is 4.72 Å². The van der Waals surface area contributed by atoms with Crippen molar-refractivity contribution >= 4 is 43.2 Å². The van der Waals surface area contributed by atoms with Gasteiger partial charge in [0.1, 0.15) is 0 Å². The molecule has 0 spiro atoms. The standard InChI is InChI=1S/C11H11BrClN3O2S/c1-7-3-4-8(5-9(7)12)15-19(17,18)11-10(13)6-14-16(11)2/h3-6,15H,1-2H3. The molecular weight excluding hydrogens is 354 g/mol. The Hall–Kier alpha value is -1.05. The number of halogens is 2. The summed E-state index contributed by atoms with van der Waals surface area (Å²) in [4.78, 5) is 0. The van der Waals surface area contributed by atoms with E-state index < -0.39 is 10.0 Å². The van der Waals surface area contributed by atoms with Gasteiger partial charge in [-0.3, -0.25) is 9.40 Å². The summed E-state index contributed by atoms with van der Waals surface area (Å²) in [7, 11) is -2.24. The number of nitrogens with zero attached hydrogens (tertiary/aromatic N) is 2. The van der Waals surface area contributed by atoms with Gasteiger partial charge in [0.2, 0.25) is 0 Å². The van der Waals surface area contributed by atoms with Crippen molar-refractivity contribution in [1.82, 2.24) is 9.78 Å². The number of nitrogens with one attached hydrogen (secondary N) is 1. The predicted octanol–water partition coefficient (Wildman–Crippen LogP) is 2.95. The molecule has 1 N–H and O–H groups in total.